The van der Waals surface area contributed by atoms with E-state index in [1.54, 1.807) is 7.11 Å². The second-order valence-electron chi connectivity index (χ2n) is 4.80. The van der Waals surface area contributed by atoms with Gasteiger partial charge in [0.1, 0.15) is 5.75 Å². The zero-order chi connectivity index (χ0) is 14.5. The Labute approximate surface area is 118 Å². The molecule has 0 fully saturated rings. The Morgan fingerprint density at radius 2 is 2.00 bits per heavy atom. The number of carbonyl (C=O) groups is 1. The average Bonchev–Trinajstić information content (AvgIpc) is 2.44. The molecular weight excluding hydrogens is 252 g/mol. The molecule has 0 bridgehead atoms. The molecule has 0 saturated heterocycles. The molecule has 2 rings (SSSR count). The number of aliphatic carboxylic acids is 1. The number of aryl methyl sites for hydroxylation is 2. The van der Waals surface area contributed by atoms with Crippen molar-refractivity contribution in [3.8, 4) is 16.9 Å². The van der Waals surface area contributed by atoms with Crippen molar-refractivity contribution in [3.05, 3.63) is 53.6 Å². The van der Waals surface area contributed by atoms with Crippen LogP contribution in [0.25, 0.3) is 11.1 Å². The topological polar surface area (TPSA) is 46.5 Å². The van der Waals surface area contributed by atoms with Crippen molar-refractivity contribution in [1.29, 1.82) is 0 Å². The molecule has 0 aliphatic carbocycles. The van der Waals surface area contributed by atoms with Gasteiger partial charge in [-0.05, 0) is 36.6 Å². The van der Waals surface area contributed by atoms with Gasteiger partial charge in [0, 0.05) is 12.0 Å². The van der Waals surface area contributed by atoms with Crippen molar-refractivity contribution < 1.29 is 14.6 Å². The highest BCUT2D eigenvalue weighted by Gasteiger charge is 2.08. The maximum atomic E-state index is 10.7. The van der Waals surface area contributed by atoms with Gasteiger partial charge in [-0.25, -0.2) is 0 Å². The smallest absolute Gasteiger partial charge is 0.303 e. The van der Waals surface area contributed by atoms with Crippen molar-refractivity contribution in [2.45, 2.75) is 19.8 Å². The molecule has 0 radical (unpaired) electrons. The summed E-state index contributed by atoms with van der Waals surface area (Å²) >= 11 is 0. The Hall–Kier alpha value is -2.29. The van der Waals surface area contributed by atoms with Gasteiger partial charge in [-0.15, -0.1) is 0 Å². The van der Waals surface area contributed by atoms with Crippen LogP contribution in [-0.2, 0) is 11.2 Å². The van der Waals surface area contributed by atoms with Crippen molar-refractivity contribution in [3.63, 3.8) is 0 Å². The maximum absolute atomic E-state index is 10.7. The van der Waals surface area contributed by atoms with Crippen LogP contribution in [-0.4, -0.2) is 18.2 Å². The number of carboxylic acid groups (broad SMARTS) is 1. The first kappa shape index (κ1) is 14.1. The summed E-state index contributed by atoms with van der Waals surface area (Å²) in [5.41, 5.74) is 4.27. The van der Waals surface area contributed by atoms with E-state index in [1.807, 2.05) is 43.3 Å². The van der Waals surface area contributed by atoms with E-state index in [0.29, 0.717) is 6.42 Å². The first-order chi connectivity index (χ1) is 9.60. The standard InChI is InChI=1S/C17H18O3/c1-12-4-3-5-14(10-12)15-11-13(7-9-17(18)19)6-8-16(15)20-2/h3-6,8,10-11H,7,9H2,1-2H3,(H,18,19). The molecule has 0 heterocycles. The number of hydrogen-bond acceptors (Lipinski definition) is 2. The number of ether oxygens (including phenoxy) is 1. The summed E-state index contributed by atoms with van der Waals surface area (Å²) in [5, 5.41) is 8.77. The summed E-state index contributed by atoms with van der Waals surface area (Å²) < 4.78 is 5.40. The molecular formula is C17H18O3. The fourth-order valence-corrected chi connectivity index (χ4v) is 2.20. The Morgan fingerprint density at radius 3 is 2.65 bits per heavy atom. The highest BCUT2D eigenvalue weighted by atomic mass is 16.5. The van der Waals surface area contributed by atoms with E-state index in [9.17, 15) is 4.79 Å². The molecule has 0 aliphatic heterocycles. The second kappa shape index (κ2) is 6.24. The van der Waals surface area contributed by atoms with Gasteiger partial charge >= 0.3 is 5.97 Å². The molecule has 0 aromatic heterocycles. The van der Waals surface area contributed by atoms with Crippen LogP contribution in [0.1, 0.15) is 17.5 Å². The SMILES string of the molecule is COc1ccc(CCC(=O)O)cc1-c1cccc(C)c1. The molecule has 3 nitrogen and oxygen atoms in total. The van der Waals surface area contributed by atoms with Gasteiger partial charge < -0.3 is 9.84 Å². The monoisotopic (exact) mass is 270 g/mol. The van der Waals surface area contributed by atoms with Crippen LogP contribution in [0.4, 0.5) is 0 Å². The molecule has 2 aromatic rings. The zero-order valence-electron chi connectivity index (χ0n) is 11.7. The number of rotatable bonds is 5. The van der Waals surface area contributed by atoms with Crippen molar-refractivity contribution in [2.24, 2.45) is 0 Å². The minimum atomic E-state index is -0.780. The summed E-state index contributed by atoms with van der Waals surface area (Å²) in [6.07, 6.45) is 0.664. The number of benzene rings is 2. The maximum Gasteiger partial charge on any atom is 0.303 e. The van der Waals surface area contributed by atoms with Crippen LogP contribution < -0.4 is 4.74 Å². The lowest BCUT2D eigenvalue weighted by Crippen LogP contribution is -1.98. The van der Waals surface area contributed by atoms with E-state index in [2.05, 4.69) is 6.07 Å². The van der Waals surface area contributed by atoms with Crippen LogP contribution in [0.5, 0.6) is 5.75 Å². The quantitative estimate of drug-likeness (QED) is 0.901. The fraction of sp³-hybridized carbons (Fsp3) is 0.235. The van der Waals surface area contributed by atoms with Gasteiger partial charge in [-0.1, -0.05) is 35.9 Å². The molecule has 0 aliphatic rings. The third-order valence-electron chi connectivity index (χ3n) is 3.22. The number of methoxy groups -OCH3 is 1. The third-order valence-corrected chi connectivity index (χ3v) is 3.22. The van der Waals surface area contributed by atoms with E-state index in [1.165, 1.54) is 5.56 Å². The number of carboxylic acids is 1. The van der Waals surface area contributed by atoms with Crippen LogP contribution in [0, 0.1) is 6.92 Å². The average molecular weight is 270 g/mol. The van der Waals surface area contributed by atoms with E-state index in [4.69, 9.17) is 9.84 Å². The van der Waals surface area contributed by atoms with Crippen LogP contribution >= 0.6 is 0 Å². The first-order valence-electron chi connectivity index (χ1n) is 6.56. The molecule has 0 amide bonds. The molecule has 0 unspecified atom stereocenters. The largest absolute Gasteiger partial charge is 0.496 e. The van der Waals surface area contributed by atoms with Crippen molar-refractivity contribution in [2.75, 3.05) is 7.11 Å². The van der Waals surface area contributed by atoms with Gasteiger partial charge in [0.15, 0.2) is 0 Å². The molecule has 0 atom stereocenters. The zero-order valence-corrected chi connectivity index (χ0v) is 11.7. The van der Waals surface area contributed by atoms with Crippen molar-refractivity contribution in [1.82, 2.24) is 0 Å². The highest BCUT2D eigenvalue weighted by Crippen LogP contribution is 2.31. The lowest BCUT2D eigenvalue weighted by Gasteiger charge is -2.11. The highest BCUT2D eigenvalue weighted by molar-refractivity contribution is 5.72. The minimum Gasteiger partial charge on any atom is -0.496 e. The summed E-state index contributed by atoms with van der Waals surface area (Å²) in [4.78, 5) is 10.7. The minimum absolute atomic E-state index is 0.138. The summed E-state index contributed by atoms with van der Waals surface area (Å²) in [5.74, 6) is 0.0209. The van der Waals surface area contributed by atoms with E-state index < -0.39 is 5.97 Å². The predicted octanol–water partition coefficient (Wildman–Crippen LogP) is 3.69. The van der Waals surface area contributed by atoms with E-state index in [0.717, 1.165) is 22.4 Å². The third kappa shape index (κ3) is 3.38. The molecule has 20 heavy (non-hydrogen) atoms. The van der Waals surface area contributed by atoms with Crippen LogP contribution in [0.2, 0.25) is 0 Å². The van der Waals surface area contributed by atoms with Gasteiger partial charge in [0.25, 0.3) is 0 Å². The van der Waals surface area contributed by atoms with E-state index in [-0.39, 0.29) is 6.42 Å². The Morgan fingerprint density at radius 1 is 1.20 bits per heavy atom. The van der Waals surface area contributed by atoms with Gasteiger partial charge in [-0.2, -0.15) is 0 Å². The van der Waals surface area contributed by atoms with Crippen molar-refractivity contribution >= 4 is 5.97 Å². The van der Waals surface area contributed by atoms with Gasteiger partial charge in [0.2, 0.25) is 0 Å². The Balaban J connectivity index is 2.38. The normalized spacial score (nSPS) is 10.3. The van der Waals surface area contributed by atoms with Gasteiger partial charge in [0.05, 0.1) is 7.11 Å². The van der Waals surface area contributed by atoms with E-state index >= 15 is 0 Å². The Bertz CT molecular complexity index is 617. The molecule has 0 spiro atoms. The van der Waals surface area contributed by atoms with Gasteiger partial charge in [-0.3, -0.25) is 4.79 Å². The fourth-order valence-electron chi connectivity index (χ4n) is 2.20. The lowest BCUT2D eigenvalue weighted by atomic mass is 9.98. The molecule has 3 heteroatoms. The predicted molar refractivity (Wildman–Crippen MR) is 79.1 cm³/mol. The molecule has 2 aromatic carbocycles. The molecule has 104 valence electrons. The summed E-state index contributed by atoms with van der Waals surface area (Å²) in [6, 6.07) is 14.0. The molecule has 1 N–H and O–H groups in total. The lowest BCUT2D eigenvalue weighted by molar-refractivity contribution is -0.136. The summed E-state index contributed by atoms with van der Waals surface area (Å²) in [7, 11) is 1.64. The first-order valence-corrected chi connectivity index (χ1v) is 6.56. The Kier molecular flexibility index (Phi) is 4.41. The van der Waals surface area contributed by atoms with Crippen LogP contribution in [0.15, 0.2) is 42.5 Å². The second-order valence-corrected chi connectivity index (χ2v) is 4.80. The summed E-state index contributed by atoms with van der Waals surface area (Å²) in [6.45, 7) is 2.05. The molecule has 0 saturated carbocycles. The number of hydrogen-bond donors (Lipinski definition) is 1. The van der Waals surface area contributed by atoms with Crippen LogP contribution in [0.3, 0.4) is 0 Å².